The minimum atomic E-state index is -4.24. The molecule has 0 unspecified atom stereocenters. The first-order valence-corrected chi connectivity index (χ1v) is 11.1. The van der Waals surface area contributed by atoms with Crippen molar-refractivity contribution < 1.29 is 26.4 Å². The lowest BCUT2D eigenvalue weighted by Crippen LogP contribution is -2.45. The zero-order chi connectivity index (χ0) is 21.1. The third-order valence-corrected chi connectivity index (χ3v) is 7.26. The molecule has 29 heavy (non-hydrogen) atoms. The molecule has 0 atom stereocenters. The molecule has 1 aromatic heterocycles. The van der Waals surface area contributed by atoms with Gasteiger partial charge in [0.05, 0.1) is 6.54 Å². The molecule has 162 valence electrons. The molecular formula is C18H25F3N4O3S. The zero-order valence-corrected chi connectivity index (χ0v) is 16.8. The van der Waals surface area contributed by atoms with Crippen LogP contribution in [0.2, 0.25) is 0 Å². The fourth-order valence-corrected chi connectivity index (χ4v) is 5.29. The van der Waals surface area contributed by atoms with Crippen molar-refractivity contribution in [2.45, 2.75) is 30.3 Å². The highest BCUT2D eigenvalue weighted by molar-refractivity contribution is 7.89. The van der Waals surface area contributed by atoms with Gasteiger partial charge < -0.3 is 4.90 Å². The summed E-state index contributed by atoms with van der Waals surface area (Å²) < 4.78 is 64.5. The molecule has 3 heterocycles. The fourth-order valence-electron chi connectivity index (χ4n) is 3.85. The lowest BCUT2D eigenvalue weighted by atomic mass is 9.96. The molecule has 2 aliphatic rings. The Bertz CT molecular complexity index is 796. The Morgan fingerprint density at radius 2 is 1.83 bits per heavy atom. The summed E-state index contributed by atoms with van der Waals surface area (Å²) in [7, 11) is -3.63. The zero-order valence-electron chi connectivity index (χ0n) is 16.0. The van der Waals surface area contributed by atoms with Gasteiger partial charge in [0, 0.05) is 57.6 Å². The van der Waals surface area contributed by atoms with Crippen LogP contribution in [-0.2, 0) is 14.8 Å². The van der Waals surface area contributed by atoms with E-state index < -0.39 is 22.7 Å². The predicted molar refractivity (Wildman–Crippen MR) is 99.4 cm³/mol. The topological polar surface area (TPSA) is 73.8 Å². The van der Waals surface area contributed by atoms with Gasteiger partial charge in [-0.05, 0) is 31.4 Å². The van der Waals surface area contributed by atoms with Crippen LogP contribution >= 0.6 is 0 Å². The number of nitrogens with zero attached hydrogens (tertiary/aromatic N) is 4. The second-order valence-corrected chi connectivity index (χ2v) is 9.38. The molecule has 0 spiro atoms. The van der Waals surface area contributed by atoms with Crippen LogP contribution < -0.4 is 0 Å². The molecule has 3 rings (SSSR count). The van der Waals surface area contributed by atoms with Crippen molar-refractivity contribution in [2.24, 2.45) is 5.92 Å². The van der Waals surface area contributed by atoms with Gasteiger partial charge in [-0.15, -0.1) is 0 Å². The Morgan fingerprint density at radius 3 is 2.45 bits per heavy atom. The van der Waals surface area contributed by atoms with E-state index >= 15 is 0 Å². The number of carbonyl (C=O) groups excluding carboxylic acids is 1. The second kappa shape index (κ2) is 8.97. The number of hydrogen-bond acceptors (Lipinski definition) is 5. The van der Waals surface area contributed by atoms with Gasteiger partial charge in [0.1, 0.15) is 4.90 Å². The van der Waals surface area contributed by atoms with Crippen molar-refractivity contribution in [1.29, 1.82) is 0 Å². The Morgan fingerprint density at radius 1 is 1.10 bits per heavy atom. The highest BCUT2D eigenvalue weighted by atomic mass is 32.2. The average molecular weight is 434 g/mol. The molecule has 0 bridgehead atoms. The summed E-state index contributed by atoms with van der Waals surface area (Å²) >= 11 is 0. The van der Waals surface area contributed by atoms with Crippen LogP contribution in [0.25, 0.3) is 0 Å². The summed E-state index contributed by atoms with van der Waals surface area (Å²) in [5.74, 6) is -0.387. The summed E-state index contributed by atoms with van der Waals surface area (Å²) in [6.07, 6.45) is -0.137. The molecule has 11 heteroatoms. The number of rotatable bonds is 4. The average Bonchev–Trinajstić information content (AvgIpc) is 2.92. The molecule has 0 radical (unpaired) electrons. The smallest absolute Gasteiger partial charge is 0.341 e. The molecule has 1 amide bonds. The molecule has 7 nitrogen and oxygen atoms in total. The third-order valence-electron chi connectivity index (χ3n) is 5.38. The van der Waals surface area contributed by atoms with Gasteiger partial charge in [0.15, 0.2) is 0 Å². The van der Waals surface area contributed by atoms with E-state index in [0.717, 1.165) is 0 Å². The van der Waals surface area contributed by atoms with Crippen LogP contribution in [0.5, 0.6) is 0 Å². The molecule has 1 aromatic rings. The maximum absolute atomic E-state index is 12.8. The van der Waals surface area contributed by atoms with Crippen LogP contribution in [0.15, 0.2) is 29.4 Å². The predicted octanol–water partition coefficient (Wildman–Crippen LogP) is 1.58. The van der Waals surface area contributed by atoms with Crippen LogP contribution in [0.1, 0.15) is 19.3 Å². The van der Waals surface area contributed by atoms with Gasteiger partial charge in [-0.1, -0.05) is 0 Å². The van der Waals surface area contributed by atoms with Crippen molar-refractivity contribution in [3.8, 4) is 0 Å². The van der Waals surface area contributed by atoms with E-state index in [0.29, 0.717) is 32.4 Å². The van der Waals surface area contributed by atoms with Crippen molar-refractivity contribution in [2.75, 3.05) is 45.8 Å². The van der Waals surface area contributed by atoms with Crippen LogP contribution in [0.4, 0.5) is 13.2 Å². The van der Waals surface area contributed by atoms with Crippen molar-refractivity contribution in [3.63, 3.8) is 0 Å². The summed E-state index contributed by atoms with van der Waals surface area (Å²) in [4.78, 5) is 19.8. The number of pyridine rings is 1. The largest absolute Gasteiger partial charge is 0.401 e. The number of hydrogen-bond donors (Lipinski definition) is 0. The number of halogens is 3. The first kappa shape index (κ1) is 22.0. The molecule has 2 saturated heterocycles. The Kier molecular flexibility index (Phi) is 6.79. The molecule has 0 aliphatic carbocycles. The Labute approximate surface area is 168 Å². The number of carbonyl (C=O) groups is 1. The Balaban J connectivity index is 1.54. The van der Waals surface area contributed by atoms with E-state index in [9.17, 15) is 26.4 Å². The molecule has 0 aromatic carbocycles. The van der Waals surface area contributed by atoms with E-state index in [-0.39, 0.29) is 42.9 Å². The van der Waals surface area contributed by atoms with Crippen molar-refractivity contribution in [3.05, 3.63) is 24.5 Å². The monoisotopic (exact) mass is 434 g/mol. The van der Waals surface area contributed by atoms with Crippen LogP contribution in [0, 0.1) is 5.92 Å². The minimum absolute atomic E-state index is 0.0858. The number of piperidine rings is 1. The molecule has 2 aliphatic heterocycles. The SMILES string of the molecule is O=C(C1CCN(S(=O)(=O)c2cccnc2)CC1)N1CCCN(CC(F)(F)F)CC1. The summed E-state index contributed by atoms with van der Waals surface area (Å²) in [6, 6.07) is 3.05. The molecule has 0 N–H and O–H groups in total. The van der Waals surface area contributed by atoms with E-state index in [1.165, 1.54) is 27.7 Å². The van der Waals surface area contributed by atoms with E-state index in [2.05, 4.69) is 4.98 Å². The highest BCUT2D eigenvalue weighted by Crippen LogP contribution is 2.25. The maximum atomic E-state index is 12.8. The molecular weight excluding hydrogens is 409 g/mol. The minimum Gasteiger partial charge on any atom is -0.341 e. The van der Waals surface area contributed by atoms with Gasteiger partial charge in [-0.3, -0.25) is 14.7 Å². The molecule has 2 fully saturated rings. The van der Waals surface area contributed by atoms with Gasteiger partial charge in [0.2, 0.25) is 15.9 Å². The van der Waals surface area contributed by atoms with Gasteiger partial charge in [0.25, 0.3) is 0 Å². The first-order chi connectivity index (χ1) is 13.7. The first-order valence-electron chi connectivity index (χ1n) is 9.65. The van der Waals surface area contributed by atoms with Crippen LogP contribution in [0.3, 0.4) is 0 Å². The third kappa shape index (κ3) is 5.67. The summed E-state index contributed by atoms with van der Waals surface area (Å²) in [5.41, 5.74) is 0. The maximum Gasteiger partial charge on any atom is 0.401 e. The van der Waals surface area contributed by atoms with E-state index in [1.807, 2.05) is 0 Å². The lowest BCUT2D eigenvalue weighted by molar-refractivity contribution is -0.145. The number of alkyl halides is 3. The van der Waals surface area contributed by atoms with Gasteiger partial charge in [-0.25, -0.2) is 8.42 Å². The molecule has 0 saturated carbocycles. The lowest BCUT2D eigenvalue weighted by Gasteiger charge is -2.33. The van der Waals surface area contributed by atoms with Gasteiger partial charge in [-0.2, -0.15) is 17.5 Å². The normalized spacial score (nSPS) is 21.1. The second-order valence-electron chi connectivity index (χ2n) is 7.44. The van der Waals surface area contributed by atoms with E-state index in [4.69, 9.17) is 0 Å². The Hall–Kier alpha value is -1.72. The van der Waals surface area contributed by atoms with Crippen molar-refractivity contribution in [1.82, 2.24) is 19.1 Å². The van der Waals surface area contributed by atoms with Crippen molar-refractivity contribution >= 4 is 15.9 Å². The standard InChI is InChI=1S/C18H25F3N4O3S/c19-18(20,21)14-23-7-2-8-24(12-11-23)17(26)15-4-9-25(10-5-15)29(27,28)16-3-1-6-22-13-16/h1,3,6,13,15H,2,4-5,7-12,14H2. The highest BCUT2D eigenvalue weighted by Gasteiger charge is 2.35. The number of aromatic nitrogens is 1. The van der Waals surface area contributed by atoms with Crippen LogP contribution in [-0.4, -0.2) is 85.4 Å². The summed E-state index contributed by atoms with van der Waals surface area (Å²) in [6.45, 7) is 0.720. The van der Waals surface area contributed by atoms with Gasteiger partial charge >= 0.3 is 6.18 Å². The van der Waals surface area contributed by atoms with E-state index in [1.54, 1.807) is 11.0 Å². The number of amides is 1. The fraction of sp³-hybridized carbons (Fsp3) is 0.667. The summed E-state index contributed by atoms with van der Waals surface area (Å²) in [5, 5.41) is 0. The number of sulfonamides is 1. The quantitative estimate of drug-likeness (QED) is 0.720.